The van der Waals surface area contributed by atoms with E-state index < -0.39 is 0 Å². The minimum atomic E-state index is -0.360. The maximum atomic E-state index is 12.5. The summed E-state index contributed by atoms with van der Waals surface area (Å²) >= 11 is 0. The van der Waals surface area contributed by atoms with Crippen LogP contribution in [0.1, 0.15) is 59.1 Å². The summed E-state index contributed by atoms with van der Waals surface area (Å²) in [6.45, 7) is 18.2. The Morgan fingerprint density at radius 1 is 1.16 bits per heavy atom. The van der Waals surface area contributed by atoms with Crippen LogP contribution in [0.2, 0.25) is 0 Å². The minimum absolute atomic E-state index is 0.0714. The number of carbonyl (C=O) groups excluding carboxylic acids is 1. The van der Waals surface area contributed by atoms with Crippen LogP contribution in [0.25, 0.3) is 16.7 Å². The second-order valence-electron chi connectivity index (χ2n) is 10.2. The van der Waals surface area contributed by atoms with Crippen molar-refractivity contribution in [2.75, 3.05) is 5.32 Å². The van der Waals surface area contributed by atoms with E-state index in [1.807, 2.05) is 37.3 Å². The number of hydrogen-bond acceptors (Lipinski definition) is 5. The van der Waals surface area contributed by atoms with Crippen molar-refractivity contribution in [3.05, 3.63) is 53.6 Å². The molecule has 0 atom stereocenters. The van der Waals surface area contributed by atoms with Crippen LogP contribution in [0.4, 0.5) is 5.69 Å². The van der Waals surface area contributed by atoms with Crippen molar-refractivity contribution in [2.45, 2.75) is 60.3 Å². The van der Waals surface area contributed by atoms with Gasteiger partial charge in [-0.2, -0.15) is 0 Å². The molecule has 2 N–H and O–H groups in total. The lowest BCUT2D eigenvalue weighted by Crippen LogP contribution is -2.27. The molecule has 1 aromatic heterocycles. The first kappa shape index (κ1) is 23.5. The van der Waals surface area contributed by atoms with Gasteiger partial charge in [0.1, 0.15) is 16.7 Å². The molecule has 7 heteroatoms. The molecule has 2 aromatic carbocycles. The highest BCUT2D eigenvalue weighted by atomic mass is 17.1. The number of amides is 1. The molecule has 0 bridgehead atoms. The fourth-order valence-corrected chi connectivity index (χ4v) is 4.45. The fourth-order valence-electron chi connectivity index (χ4n) is 4.45. The van der Waals surface area contributed by atoms with Crippen LogP contribution >= 0.6 is 0 Å². The molecule has 3 rings (SSSR count). The molecule has 0 spiro atoms. The SMILES string of the molecule is C=C(C)C(=O)Nc1c(C)c(C(C)(C)CC(C)(C)C)cc(-n2nc3ccccc3n2)c1OO. The molecule has 0 saturated heterocycles. The third kappa shape index (κ3) is 4.67. The van der Waals surface area contributed by atoms with Crippen LogP contribution < -0.4 is 10.2 Å². The summed E-state index contributed by atoms with van der Waals surface area (Å²) in [4.78, 5) is 18.8. The van der Waals surface area contributed by atoms with E-state index in [1.54, 1.807) is 6.92 Å². The van der Waals surface area contributed by atoms with Gasteiger partial charge in [0.2, 0.25) is 5.75 Å². The highest BCUT2D eigenvalue weighted by Crippen LogP contribution is 2.44. The molecule has 1 amide bonds. The van der Waals surface area contributed by atoms with Crippen molar-refractivity contribution in [3.63, 3.8) is 0 Å². The molecule has 0 aliphatic carbocycles. The second kappa shape index (κ2) is 8.39. The van der Waals surface area contributed by atoms with Crippen molar-refractivity contribution < 1.29 is 14.9 Å². The Labute approximate surface area is 189 Å². The van der Waals surface area contributed by atoms with Crippen LogP contribution in [0, 0.1) is 12.3 Å². The number of benzene rings is 2. The number of carbonyl (C=O) groups is 1. The Balaban J connectivity index is 2.31. The van der Waals surface area contributed by atoms with E-state index in [4.69, 9.17) is 4.89 Å². The minimum Gasteiger partial charge on any atom is -0.336 e. The Bertz CT molecular complexity index is 1150. The van der Waals surface area contributed by atoms with Gasteiger partial charge in [0.25, 0.3) is 5.91 Å². The van der Waals surface area contributed by atoms with E-state index in [0.717, 1.165) is 17.5 Å². The van der Waals surface area contributed by atoms with Crippen LogP contribution in [-0.2, 0) is 10.2 Å². The highest BCUT2D eigenvalue weighted by molar-refractivity contribution is 6.04. The summed E-state index contributed by atoms with van der Waals surface area (Å²) in [5.74, 6) is -0.283. The van der Waals surface area contributed by atoms with Crippen molar-refractivity contribution in [2.24, 2.45) is 5.41 Å². The van der Waals surface area contributed by atoms with Crippen LogP contribution in [0.5, 0.6) is 5.75 Å². The lowest BCUT2D eigenvalue weighted by Gasteiger charge is -2.35. The number of hydrogen-bond donors (Lipinski definition) is 2. The summed E-state index contributed by atoms with van der Waals surface area (Å²) in [7, 11) is 0. The molecule has 0 radical (unpaired) electrons. The molecule has 170 valence electrons. The molecule has 1 heterocycles. The first-order chi connectivity index (χ1) is 14.8. The molecular formula is C25H32N4O3. The molecular weight excluding hydrogens is 404 g/mol. The Morgan fingerprint density at radius 3 is 2.19 bits per heavy atom. The van der Waals surface area contributed by atoms with E-state index >= 15 is 0 Å². The molecule has 7 nitrogen and oxygen atoms in total. The zero-order valence-electron chi connectivity index (χ0n) is 19.9. The maximum absolute atomic E-state index is 12.5. The molecule has 3 aromatic rings. The van der Waals surface area contributed by atoms with Gasteiger partial charge in [-0.25, -0.2) is 5.26 Å². The molecule has 32 heavy (non-hydrogen) atoms. The number of anilines is 1. The summed E-state index contributed by atoms with van der Waals surface area (Å²) in [6.07, 6.45) is 0.891. The van der Waals surface area contributed by atoms with Gasteiger partial charge in [0.15, 0.2) is 0 Å². The van der Waals surface area contributed by atoms with Gasteiger partial charge in [-0.1, -0.05) is 53.3 Å². The number of aromatic nitrogens is 3. The highest BCUT2D eigenvalue weighted by Gasteiger charge is 2.32. The zero-order valence-corrected chi connectivity index (χ0v) is 19.9. The molecule has 0 aliphatic heterocycles. The van der Waals surface area contributed by atoms with Gasteiger partial charge in [-0.15, -0.1) is 15.0 Å². The van der Waals surface area contributed by atoms with E-state index in [-0.39, 0.29) is 22.5 Å². The van der Waals surface area contributed by atoms with E-state index in [2.05, 4.69) is 56.7 Å². The van der Waals surface area contributed by atoms with Crippen molar-refractivity contribution in [3.8, 4) is 11.4 Å². The number of fused-ring (bicyclic) bond motifs is 1. The Hall–Kier alpha value is -3.19. The predicted octanol–water partition coefficient (Wildman–Crippen LogP) is 5.81. The lowest BCUT2D eigenvalue weighted by molar-refractivity contribution is -0.137. The van der Waals surface area contributed by atoms with Gasteiger partial charge in [-0.05, 0) is 60.4 Å². The van der Waals surface area contributed by atoms with E-state index in [9.17, 15) is 10.1 Å². The topological polar surface area (TPSA) is 89.3 Å². The molecule has 0 unspecified atom stereocenters. The largest absolute Gasteiger partial charge is 0.336 e. The normalized spacial score (nSPS) is 12.1. The van der Waals surface area contributed by atoms with Crippen molar-refractivity contribution in [1.82, 2.24) is 15.0 Å². The monoisotopic (exact) mass is 436 g/mol. The number of nitrogens with zero attached hydrogens (tertiary/aromatic N) is 3. The van der Waals surface area contributed by atoms with Crippen LogP contribution in [0.3, 0.4) is 0 Å². The smallest absolute Gasteiger partial charge is 0.250 e. The van der Waals surface area contributed by atoms with Gasteiger partial charge in [-0.3, -0.25) is 4.79 Å². The standard InChI is InChI=1S/C25H32N4O3/c1-15(2)23(30)26-21-16(3)17(25(7,8)14-24(4,5)6)13-20(22(21)32-31)29-27-18-11-9-10-12-19(18)28-29/h9-13,31H,1,14H2,2-8H3,(H,26,30). The maximum Gasteiger partial charge on any atom is 0.250 e. The number of rotatable bonds is 6. The fraction of sp³-hybridized carbons (Fsp3) is 0.400. The molecule has 0 fully saturated rings. The second-order valence-corrected chi connectivity index (χ2v) is 10.2. The Morgan fingerprint density at radius 2 is 1.72 bits per heavy atom. The summed E-state index contributed by atoms with van der Waals surface area (Å²) in [5.41, 5.74) is 4.19. The van der Waals surface area contributed by atoms with E-state index in [0.29, 0.717) is 28.0 Å². The van der Waals surface area contributed by atoms with Gasteiger partial charge in [0, 0.05) is 5.57 Å². The zero-order chi connectivity index (χ0) is 23.8. The molecule has 0 saturated carbocycles. The third-order valence-electron chi connectivity index (χ3n) is 5.44. The predicted molar refractivity (Wildman–Crippen MR) is 127 cm³/mol. The molecule has 0 aliphatic rings. The van der Waals surface area contributed by atoms with E-state index in [1.165, 1.54) is 4.80 Å². The summed E-state index contributed by atoms with van der Waals surface area (Å²) < 4.78 is 0. The van der Waals surface area contributed by atoms with Crippen LogP contribution in [0.15, 0.2) is 42.5 Å². The summed E-state index contributed by atoms with van der Waals surface area (Å²) in [5, 5.41) is 21.8. The van der Waals surface area contributed by atoms with Crippen molar-refractivity contribution >= 4 is 22.6 Å². The quantitative estimate of drug-likeness (QED) is 0.289. The first-order valence-electron chi connectivity index (χ1n) is 10.6. The summed E-state index contributed by atoms with van der Waals surface area (Å²) in [6, 6.07) is 9.43. The average Bonchev–Trinajstić information content (AvgIpc) is 3.10. The van der Waals surface area contributed by atoms with Gasteiger partial charge in [0.05, 0.1) is 5.69 Å². The first-order valence-corrected chi connectivity index (χ1v) is 10.6. The Kier molecular flexibility index (Phi) is 6.15. The van der Waals surface area contributed by atoms with Gasteiger partial charge >= 0.3 is 0 Å². The van der Waals surface area contributed by atoms with Gasteiger partial charge < -0.3 is 10.2 Å². The van der Waals surface area contributed by atoms with Crippen LogP contribution in [-0.4, -0.2) is 26.2 Å². The third-order valence-corrected chi connectivity index (χ3v) is 5.44. The average molecular weight is 437 g/mol. The van der Waals surface area contributed by atoms with Crippen molar-refractivity contribution in [1.29, 1.82) is 0 Å². The number of nitrogens with one attached hydrogen (secondary N) is 1. The lowest BCUT2D eigenvalue weighted by atomic mass is 9.71.